The number of benzene rings is 1. The van der Waals surface area contributed by atoms with Gasteiger partial charge in [-0.3, -0.25) is 9.59 Å². The average molecular weight is 421 g/mol. The van der Waals surface area contributed by atoms with Crippen LogP contribution in [-0.4, -0.2) is 16.9 Å². The molecular formula is C19H17ClN2O3S2. The standard InChI is InChI=1S/C19H17ClN2O3S2/c1-11-14(20)3-2-4-15(11)22-19(25)18(24)21-9-13-5-6-16(27-13)17(23)12-7-8-26-10-12/h2-8,10,17,23H,9H2,1H3,(H,21,24)(H,22,25). The van der Waals surface area contributed by atoms with Crippen molar-refractivity contribution in [2.45, 2.75) is 19.6 Å². The Hall–Kier alpha value is -2.19. The van der Waals surface area contributed by atoms with Crippen LogP contribution in [0.5, 0.6) is 0 Å². The van der Waals surface area contributed by atoms with Crippen LogP contribution in [0.3, 0.4) is 0 Å². The molecule has 8 heteroatoms. The Kier molecular flexibility index (Phi) is 6.28. The molecule has 2 amide bonds. The number of hydrogen-bond acceptors (Lipinski definition) is 5. The van der Waals surface area contributed by atoms with Gasteiger partial charge in [-0.1, -0.05) is 17.7 Å². The number of nitrogens with one attached hydrogen (secondary N) is 2. The maximum absolute atomic E-state index is 12.1. The predicted octanol–water partition coefficient (Wildman–Crippen LogP) is 4.11. The summed E-state index contributed by atoms with van der Waals surface area (Å²) in [6.45, 7) is 1.98. The molecule has 0 fully saturated rings. The number of anilines is 1. The van der Waals surface area contributed by atoms with E-state index >= 15 is 0 Å². The molecule has 0 aliphatic heterocycles. The highest BCUT2D eigenvalue weighted by Crippen LogP contribution is 2.29. The summed E-state index contributed by atoms with van der Waals surface area (Å²) in [4.78, 5) is 25.7. The van der Waals surface area contributed by atoms with Crippen molar-refractivity contribution in [3.8, 4) is 0 Å². The second-order valence-electron chi connectivity index (χ2n) is 5.81. The Morgan fingerprint density at radius 1 is 1.19 bits per heavy atom. The average Bonchev–Trinajstić information content (AvgIpc) is 3.34. The molecule has 0 saturated carbocycles. The summed E-state index contributed by atoms with van der Waals surface area (Å²) in [5.74, 6) is -1.49. The quantitative estimate of drug-likeness (QED) is 0.543. The molecule has 0 aliphatic rings. The van der Waals surface area contributed by atoms with Gasteiger partial charge in [-0.15, -0.1) is 11.3 Å². The minimum absolute atomic E-state index is 0.210. The largest absolute Gasteiger partial charge is 0.383 e. The van der Waals surface area contributed by atoms with Crippen molar-refractivity contribution in [1.82, 2.24) is 5.32 Å². The molecule has 5 nitrogen and oxygen atoms in total. The summed E-state index contributed by atoms with van der Waals surface area (Å²) in [5, 5.41) is 19.8. The van der Waals surface area contributed by atoms with Crippen molar-refractivity contribution in [3.05, 3.63) is 73.1 Å². The zero-order valence-electron chi connectivity index (χ0n) is 14.4. The van der Waals surface area contributed by atoms with E-state index in [9.17, 15) is 14.7 Å². The van der Waals surface area contributed by atoms with Crippen molar-refractivity contribution >= 4 is 51.8 Å². The Balaban J connectivity index is 1.56. The van der Waals surface area contributed by atoms with Crippen LogP contribution < -0.4 is 10.6 Å². The zero-order valence-corrected chi connectivity index (χ0v) is 16.8. The Labute approximate surface area is 169 Å². The van der Waals surface area contributed by atoms with E-state index in [1.54, 1.807) is 25.1 Å². The van der Waals surface area contributed by atoms with E-state index in [0.29, 0.717) is 16.3 Å². The third-order valence-corrected chi connectivity index (χ3v) is 6.20. The first kappa shape index (κ1) is 19.6. The highest BCUT2D eigenvalue weighted by atomic mass is 35.5. The van der Waals surface area contributed by atoms with E-state index in [4.69, 9.17) is 11.6 Å². The first-order chi connectivity index (χ1) is 13.0. The molecule has 3 rings (SSSR count). The number of thiophene rings is 2. The molecule has 0 radical (unpaired) electrons. The maximum atomic E-state index is 12.1. The van der Waals surface area contributed by atoms with Crippen LogP contribution in [0.1, 0.15) is 27.0 Å². The fourth-order valence-corrected chi connectivity index (χ4v) is 4.22. The number of aliphatic hydroxyl groups is 1. The molecule has 2 aromatic heterocycles. The summed E-state index contributed by atoms with van der Waals surface area (Å²) in [6.07, 6.45) is -0.681. The van der Waals surface area contributed by atoms with Gasteiger partial charge in [0.2, 0.25) is 0 Å². The van der Waals surface area contributed by atoms with Crippen LogP contribution in [0.2, 0.25) is 5.02 Å². The van der Waals surface area contributed by atoms with Crippen molar-refractivity contribution in [2.75, 3.05) is 5.32 Å². The summed E-state index contributed by atoms with van der Waals surface area (Å²) in [6, 6.07) is 10.6. The lowest BCUT2D eigenvalue weighted by Crippen LogP contribution is -2.34. The smallest absolute Gasteiger partial charge is 0.313 e. The number of carbonyl (C=O) groups excluding carboxylic acids is 2. The van der Waals surface area contributed by atoms with Gasteiger partial charge in [-0.25, -0.2) is 0 Å². The number of rotatable bonds is 5. The molecule has 1 unspecified atom stereocenters. The number of carbonyl (C=O) groups is 2. The van der Waals surface area contributed by atoms with Gasteiger partial charge in [0.15, 0.2) is 0 Å². The van der Waals surface area contributed by atoms with E-state index in [0.717, 1.165) is 15.3 Å². The lowest BCUT2D eigenvalue weighted by Gasteiger charge is -2.09. The maximum Gasteiger partial charge on any atom is 0.313 e. The molecular weight excluding hydrogens is 404 g/mol. The molecule has 0 saturated heterocycles. The van der Waals surface area contributed by atoms with Crippen LogP contribution in [0, 0.1) is 6.92 Å². The molecule has 0 aliphatic carbocycles. The third kappa shape index (κ3) is 4.75. The molecule has 1 atom stereocenters. The SMILES string of the molecule is Cc1c(Cl)cccc1NC(=O)C(=O)NCc1ccc(C(O)c2ccsc2)s1. The number of aliphatic hydroxyl groups excluding tert-OH is 1. The normalized spacial score (nSPS) is 11.8. The minimum atomic E-state index is -0.754. The molecule has 0 bridgehead atoms. The van der Waals surface area contributed by atoms with Crippen molar-refractivity contribution in [2.24, 2.45) is 0 Å². The fraction of sp³-hybridized carbons (Fsp3) is 0.158. The van der Waals surface area contributed by atoms with Crippen molar-refractivity contribution in [1.29, 1.82) is 0 Å². The topological polar surface area (TPSA) is 78.4 Å². The summed E-state index contributed by atoms with van der Waals surface area (Å²) >= 11 is 8.93. The molecule has 3 N–H and O–H groups in total. The van der Waals surface area contributed by atoms with Crippen LogP contribution >= 0.6 is 34.3 Å². The van der Waals surface area contributed by atoms with Gasteiger partial charge in [-0.2, -0.15) is 11.3 Å². The molecule has 1 aromatic carbocycles. The minimum Gasteiger partial charge on any atom is -0.383 e. The van der Waals surface area contributed by atoms with Crippen LogP contribution in [0.25, 0.3) is 0 Å². The predicted molar refractivity (Wildman–Crippen MR) is 109 cm³/mol. The lowest BCUT2D eigenvalue weighted by molar-refractivity contribution is -0.136. The van der Waals surface area contributed by atoms with E-state index in [-0.39, 0.29) is 6.54 Å². The van der Waals surface area contributed by atoms with Gasteiger partial charge in [0.05, 0.1) is 6.54 Å². The van der Waals surface area contributed by atoms with E-state index in [1.807, 2.05) is 29.0 Å². The first-order valence-corrected chi connectivity index (χ1v) is 10.2. The number of hydrogen-bond donors (Lipinski definition) is 3. The van der Waals surface area contributed by atoms with Gasteiger partial charge in [0, 0.05) is 20.5 Å². The fourth-order valence-electron chi connectivity index (χ4n) is 2.40. The van der Waals surface area contributed by atoms with E-state index in [2.05, 4.69) is 10.6 Å². The van der Waals surface area contributed by atoms with Gasteiger partial charge >= 0.3 is 11.8 Å². The third-order valence-electron chi connectivity index (χ3n) is 3.96. The summed E-state index contributed by atoms with van der Waals surface area (Å²) in [7, 11) is 0. The van der Waals surface area contributed by atoms with Crippen LogP contribution in [0.4, 0.5) is 5.69 Å². The van der Waals surface area contributed by atoms with Crippen LogP contribution in [-0.2, 0) is 16.1 Å². The van der Waals surface area contributed by atoms with E-state index in [1.165, 1.54) is 22.7 Å². The number of amides is 2. The highest BCUT2D eigenvalue weighted by molar-refractivity contribution is 7.12. The van der Waals surface area contributed by atoms with Crippen LogP contribution in [0.15, 0.2) is 47.2 Å². The molecule has 2 heterocycles. The van der Waals surface area contributed by atoms with Gasteiger partial charge in [-0.05, 0) is 59.1 Å². The van der Waals surface area contributed by atoms with Gasteiger partial charge < -0.3 is 15.7 Å². The second kappa shape index (κ2) is 8.67. The van der Waals surface area contributed by atoms with Crippen molar-refractivity contribution < 1.29 is 14.7 Å². The summed E-state index contributed by atoms with van der Waals surface area (Å²) in [5.41, 5.74) is 2.04. The highest BCUT2D eigenvalue weighted by Gasteiger charge is 2.17. The van der Waals surface area contributed by atoms with Gasteiger partial charge in [0.1, 0.15) is 6.10 Å². The summed E-state index contributed by atoms with van der Waals surface area (Å²) < 4.78 is 0. The van der Waals surface area contributed by atoms with Gasteiger partial charge in [0.25, 0.3) is 0 Å². The number of halogens is 1. The Morgan fingerprint density at radius 2 is 2.00 bits per heavy atom. The second-order valence-corrected chi connectivity index (χ2v) is 8.20. The van der Waals surface area contributed by atoms with Crippen molar-refractivity contribution in [3.63, 3.8) is 0 Å². The molecule has 0 spiro atoms. The molecule has 140 valence electrons. The first-order valence-electron chi connectivity index (χ1n) is 8.08. The van der Waals surface area contributed by atoms with E-state index < -0.39 is 17.9 Å². The zero-order chi connectivity index (χ0) is 19.4. The molecule has 27 heavy (non-hydrogen) atoms. The Bertz CT molecular complexity index is 954. The Morgan fingerprint density at radius 3 is 2.74 bits per heavy atom. The monoisotopic (exact) mass is 420 g/mol. The molecule has 3 aromatic rings. The lowest BCUT2D eigenvalue weighted by atomic mass is 10.2.